The number of hydrogen-bond donors (Lipinski definition) is 26. The SMILES string of the molecule is CC(=O)N[C@H]1[C@H](O[C@H]2[C@H](O)[C@@H](NC(C)=O)C(O)O[C@@H]2CO)O[C@H](CO)[C@@H](O[C@@H]2O[C@H](CO[C@H]3O[C@H](CO)[C@@H](O)[C@H](O)[C@@H]3O[C@@H]3O[C@H](CO)[C@@H](O)[C@H](O)[C@H]3NC(C)=O)[C@@H](O[C@@H]3O[C@H](CO)[C@@H](O)[C@H](O)[C@H]3NC(C)=O)[C@H](O)[C@@H]2O[C@H]2O[C@H](CO)[C@@H](O)[C@H](O)[C@@H]2O[C@@H]2O[C@H](CO)[C@@H](O)[C@H](O)[C@H]2NC(C)=O)[C@@H]1O. The quantitative estimate of drug-likeness (QED) is 0.0363. The summed E-state index contributed by atoms with van der Waals surface area (Å²) >= 11 is 0. The summed E-state index contributed by atoms with van der Waals surface area (Å²) in [5.74, 6) is -4.43. The van der Waals surface area contributed by atoms with Gasteiger partial charge in [-0.15, -0.1) is 0 Å². The van der Waals surface area contributed by atoms with Crippen LogP contribution in [0.4, 0.5) is 0 Å². The number of ether oxygens (including phenoxy) is 15. The average Bonchev–Trinajstić information content (AvgIpc) is 0.758. The number of aliphatic hydroxyl groups excluding tert-OH is 21. The molecule has 0 spiro atoms. The summed E-state index contributed by atoms with van der Waals surface area (Å²) in [7, 11) is 0. The lowest BCUT2D eigenvalue weighted by Gasteiger charge is -2.52. The van der Waals surface area contributed by atoms with E-state index in [1.165, 1.54) is 0 Å². The van der Waals surface area contributed by atoms with Crippen molar-refractivity contribution in [2.75, 3.05) is 52.9 Å². The van der Waals surface area contributed by atoms with Crippen LogP contribution in [-0.4, -0.2) is 435 Å². The predicted molar refractivity (Wildman–Crippen MR) is 322 cm³/mol. The lowest BCUT2D eigenvalue weighted by molar-refractivity contribution is -0.410. The summed E-state index contributed by atoms with van der Waals surface area (Å²) in [6.07, 6.45) is -73.5. The number of carbonyl (C=O) groups excluding carboxylic acids is 5. The minimum Gasteiger partial charge on any atom is -0.394 e. The van der Waals surface area contributed by atoms with Gasteiger partial charge in [-0.25, -0.2) is 0 Å². The number of carbonyl (C=O) groups is 5. The Kier molecular flexibility index (Phi) is 30.9. The fraction of sp³-hybridized carbons (Fsp3) is 0.914. The van der Waals surface area contributed by atoms with E-state index in [0.717, 1.165) is 34.6 Å². The molecule has 5 amide bonds. The van der Waals surface area contributed by atoms with Crippen LogP contribution in [0, 0.1) is 0 Å². The van der Waals surface area contributed by atoms with Crippen LogP contribution in [0.5, 0.6) is 0 Å². The third-order valence-corrected chi connectivity index (χ3v) is 18.7. The van der Waals surface area contributed by atoms with E-state index in [1.54, 1.807) is 0 Å². The fourth-order valence-electron chi connectivity index (χ4n) is 13.4. The van der Waals surface area contributed by atoms with Gasteiger partial charge in [-0.1, -0.05) is 0 Å². The lowest BCUT2D eigenvalue weighted by Crippen LogP contribution is -2.71. The highest BCUT2D eigenvalue weighted by molar-refractivity contribution is 5.75. The van der Waals surface area contributed by atoms with E-state index in [4.69, 9.17) is 71.1 Å². The summed E-state index contributed by atoms with van der Waals surface area (Å²) in [6.45, 7) is -3.99. The summed E-state index contributed by atoms with van der Waals surface area (Å²) < 4.78 is 91.1. The van der Waals surface area contributed by atoms with Crippen LogP contribution in [0.1, 0.15) is 34.6 Å². The molecule has 8 saturated heterocycles. The average molecular weight is 1520 g/mol. The van der Waals surface area contributed by atoms with Crippen molar-refractivity contribution in [3.8, 4) is 0 Å². The van der Waals surface area contributed by atoms with E-state index in [0.29, 0.717) is 0 Å². The Morgan fingerprint density at radius 2 is 0.481 bits per heavy atom. The highest BCUT2D eigenvalue weighted by atomic mass is 16.8. The molecule has 0 aromatic carbocycles. The van der Waals surface area contributed by atoms with Gasteiger partial charge in [0.15, 0.2) is 50.3 Å². The third kappa shape index (κ3) is 19.2. The topological polar surface area (TPSA) is 709 Å². The molecule has 0 aromatic rings. The molecule has 40 atom stereocenters. The second-order valence-electron chi connectivity index (χ2n) is 26.1. The van der Waals surface area contributed by atoms with Crippen LogP contribution in [0.3, 0.4) is 0 Å². The molecule has 104 heavy (non-hydrogen) atoms. The summed E-state index contributed by atoms with van der Waals surface area (Å²) in [6, 6.07) is -9.13. The fourth-order valence-corrected chi connectivity index (χ4v) is 13.4. The largest absolute Gasteiger partial charge is 0.394 e. The molecule has 8 rings (SSSR count). The molecule has 46 nitrogen and oxygen atoms in total. The van der Waals surface area contributed by atoms with Gasteiger partial charge in [0.05, 0.1) is 52.9 Å². The van der Waals surface area contributed by atoms with Crippen molar-refractivity contribution in [2.24, 2.45) is 0 Å². The zero-order valence-electron chi connectivity index (χ0n) is 56.3. The first kappa shape index (κ1) is 85.5. The van der Waals surface area contributed by atoms with Crippen LogP contribution in [0.25, 0.3) is 0 Å². The molecule has 1 unspecified atom stereocenters. The van der Waals surface area contributed by atoms with Gasteiger partial charge in [0.1, 0.15) is 195 Å². The summed E-state index contributed by atoms with van der Waals surface area (Å²) in [4.78, 5) is 63.3. The summed E-state index contributed by atoms with van der Waals surface area (Å²) in [5.41, 5.74) is 0. The minimum absolute atomic E-state index is 0.794. The first-order valence-electron chi connectivity index (χ1n) is 33.1. The number of rotatable bonds is 27. The highest BCUT2D eigenvalue weighted by Gasteiger charge is 2.61. The van der Waals surface area contributed by atoms with Crippen molar-refractivity contribution in [2.45, 2.75) is 280 Å². The lowest BCUT2D eigenvalue weighted by atomic mass is 9.93. The molecule has 8 heterocycles. The van der Waals surface area contributed by atoms with Crippen LogP contribution < -0.4 is 26.6 Å². The number of hydrogen-bond acceptors (Lipinski definition) is 41. The van der Waals surface area contributed by atoms with Crippen LogP contribution >= 0.6 is 0 Å². The van der Waals surface area contributed by atoms with Gasteiger partial charge in [0.25, 0.3) is 0 Å². The molecular formula is C58H97N5O41. The molecule has 0 radical (unpaired) electrons. The zero-order chi connectivity index (χ0) is 76.8. The molecule has 8 aliphatic heterocycles. The monoisotopic (exact) mass is 1520 g/mol. The maximum atomic E-state index is 13.3. The molecule has 26 N–H and O–H groups in total. The van der Waals surface area contributed by atoms with Crippen molar-refractivity contribution >= 4 is 29.5 Å². The van der Waals surface area contributed by atoms with Crippen molar-refractivity contribution < 1.29 is 202 Å². The first-order chi connectivity index (χ1) is 49.2. The van der Waals surface area contributed by atoms with Gasteiger partial charge in [0, 0.05) is 34.6 Å². The van der Waals surface area contributed by atoms with Crippen LogP contribution in [0.15, 0.2) is 0 Å². The van der Waals surface area contributed by atoms with Crippen molar-refractivity contribution in [3.05, 3.63) is 0 Å². The van der Waals surface area contributed by atoms with Gasteiger partial charge in [-0.2, -0.15) is 0 Å². The molecule has 0 aliphatic carbocycles. The molecule has 8 aliphatic rings. The maximum Gasteiger partial charge on any atom is 0.217 e. The van der Waals surface area contributed by atoms with Crippen molar-refractivity contribution in [1.29, 1.82) is 0 Å². The number of aliphatic hydroxyl groups is 21. The Balaban J connectivity index is 1.26. The van der Waals surface area contributed by atoms with Gasteiger partial charge in [-0.05, 0) is 0 Å². The van der Waals surface area contributed by atoms with E-state index in [-0.39, 0.29) is 0 Å². The van der Waals surface area contributed by atoms with Crippen LogP contribution in [0.2, 0.25) is 0 Å². The maximum absolute atomic E-state index is 13.3. The zero-order valence-corrected chi connectivity index (χ0v) is 56.3. The van der Waals surface area contributed by atoms with Gasteiger partial charge in [0.2, 0.25) is 29.5 Å². The predicted octanol–water partition coefficient (Wildman–Crippen LogP) is -17.7. The Labute approximate surface area is 589 Å². The van der Waals surface area contributed by atoms with Crippen molar-refractivity contribution in [1.82, 2.24) is 26.6 Å². The number of amides is 5. The van der Waals surface area contributed by atoms with E-state index in [9.17, 15) is 131 Å². The highest BCUT2D eigenvalue weighted by Crippen LogP contribution is 2.40. The Morgan fingerprint density at radius 1 is 0.250 bits per heavy atom. The Bertz CT molecular complexity index is 2770. The molecule has 0 saturated carbocycles. The second-order valence-corrected chi connectivity index (χ2v) is 26.1. The van der Waals surface area contributed by atoms with E-state index in [1.807, 2.05) is 0 Å². The van der Waals surface area contributed by atoms with Gasteiger partial charge in [-0.3, -0.25) is 24.0 Å². The smallest absolute Gasteiger partial charge is 0.217 e. The minimum atomic E-state index is -2.63. The molecule has 8 fully saturated rings. The Morgan fingerprint density at radius 3 is 0.837 bits per heavy atom. The van der Waals surface area contributed by atoms with Crippen molar-refractivity contribution in [3.63, 3.8) is 0 Å². The van der Waals surface area contributed by atoms with E-state index in [2.05, 4.69) is 26.6 Å². The molecule has 600 valence electrons. The van der Waals surface area contributed by atoms with Gasteiger partial charge >= 0.3 is 0 Å². The van der Waals surface area contributed by atoms with Gasteiger partial charge < -0.3 is 205 Å². The third-order valence-electron chi connectivity index (χ3n) is 18.7. The standard InChI is InChI=1S/C58H97N5O41/c1-14(71)59-27-40(84)45(24(11-69)91-51(27)89)99-55-31(63-18(5)75)41(85)46(25(12-70)97-55)101-58-50(104-57-49(43(87)36(80)23(10-68)96-57)103-54-30(62-17(4)74)39(83)34(78)21(8-66)94-54)44(88)47(100-52-28(60-15(2)72)37(81)32(76)19(6-64)92-52)26(98-58)13-90-56-48(42(86)35(79)22(9-67)95-56)102-53-29(61-16(3)73)38(82)33(77)20(7-65)93-53/h19-58,64-70,76-89H,6-13H2,1-5H3,(H,59,71)(H,60,72)(H,61,73)(H,62,74)(H,63,75)/t19-,20-,21-,22-,23-,24-,25-,26-,27-,28-,29-,30-,31-,32-,33-,34-,35-,36-,37-,38-,39-,40-,41-,42+,43+,44+,45-,46-,47-,48+,49+,50+,51?,52+,53+,54+,55+,56+,57-,58+/m1/s1. The summed E-state index contributed by atoms with van der Waals surface area (Å²) in [5, 5.41) is 246. The second kappa shape index (κ2) is 37.5. The van der Waals surface area contributed by atoms with E-state index >= 15 is 0 Å². The Hall–Kier alpha value is -4.09. The molecule has 46 heteroatoms. The molecular weight excluding hydrogens is 1420 g/mol. The number of nitrogens with one attached hydrogen (secondary N) is 5. The van der Waals surface area contributed by atoms with E-state index < -0.39 is 328 Å². The normalized spacial score (nSPS) is 47.2. The molecule has 0 aromatic heterocycles. The molecule has 0 bridgehead atoms. The first-order valence-corrected chi connectivity index (χ1v) is 33.1. The van der Waals surface area contributed by atoms with Crippen LogP contribution in [-0.2, 0) is 95.0 Å².